The molecule has 0 saturated heterocycles. The normalized spacial score (nSPS) is 10.2. The molecule has 0 aliphatic carbocycles. The second-order valence-corrected chi connectivity index (χ2v) is 4.75. The maximum atomic E-state index is 3.25. The van der Waals surface area contributed by atoms with E-state index in [0.717, 1.165) is 6.42 Å². The zero-order valence-electron chi connectivity index (χ0n) is 11.3. The Balaban J connectivity index is 1.98. The minimum atomic E-state index is 0.909. The van der Waals surface area contributed by atoms with E-state index < -0.39 is 0 Å². The fourth-order valence-corrected chi connectivity index (χ4v) is 2.34. The number of aromatic amines is 1. The van der Waals surface area contributed by atoms with Crippen LogP contribution in [0.5, 0.6) is 0 Å². The molecule has 0 radical (unpaired) electrons. The van der Waals surface area contributed by atoms with Gasteiger partial charge in [-0.25, -0.2) is 0 Å². The molecule has 0 saturated carbocycles. The van der Waals surface area contributed by atoms with Gasteiger partial charge in [0.05, 0.1) is 0 Å². The lowest BCUT2D eigenvalue weighted by atomic mass is 9.96. The third kappa shape index (κ3) is 2.89. The van der Waals surface area contributed by atoms with E-state index in [1.54, 1.807) is 0 Å². The van der Waals surface area contributed by atoms with E-state index in [9.17, 15) is 0 Å². The molecule has 1 aromatic heterocycles. The van der Waals surface area contributed by atoms with Crippen LogP contribution in [-0.2, 0) is 6.42 Å². The van der Waals surface area contributed by atoms with Crippen LogP contribution in [0.1, 0.15) is 16.8 Å². The molecule has 1 nitrogen and oxygen atoms in total. The average Bonchev–Trinajstić information content (AvgIpc) is 3.03. The van der Waals surface area contributed by atoms with Gasteiger partial charge < -0.3 is 4.98 Å². The van der Waals surface area contributed by atoms with E-state index in [1.807, 2.05) is 12.3 Å². The molecule has 0 aliphatic rings. The molecule has 0 aliphatic heterocycles. The molecule has 0 atom stereocenters. The molecule has 98 valence electrons. The number of H-pyrrole nitrogens is 1. The number of hydrogen-bond donors (Lipinski definition) is 1. The van der Waals surface area contributed by atoms with Crippen molar-refractivity contribution in [1.29, 1.82) is 0 Å². The van der Waals surface area contributed by atoms with Gasteiger partial charge in [-0.2, -0.15) is 0 Å². The number of benzene rings is 2. The minimum absolute atomic E-state index is 0.909. The topological polar surface area (TPSA) is 15.8 Å². The van der Waals surface area contributed by atoms with Crippen LogP contribution < -0.4 is 0 Å². The summed E-state index contributed by atoms with van der Waals surface area (Å²) in [6.07, 6.45) is 5.16. The zero-order chi connectivity index (χ0) is 13.6. The van der Waals surface area contributed by atoms with Crippen LogP contribution in [-0.4, -0.2) is 4.98 Å². The Morgan fingerprint density at radius 3 is 1.85 bits per heavy atom. The molecule has 0 spiro atoms. The summed E-state index contributed by atoms with van der Waals surface area (Å²) in [5.74, 6) is 0. The van der Waals surface area contributed by atoms with Crippen LogP contribution >= 0.6 is 0 Å². The largest absolute Gasteiger partial charge is 0.365 e. The summed E-state index contributed by atoms with van der Waals surface area (Å²) >= 11 is 0. The zero-order valence-corrected chi connectivity index (χ0v) is 11.3. The standard InChI is InChI=1S/C19H17N/c1-3-8-16(9-4-1)19(17-10-5-2-6-11-17)14-13-18-12-7-15-20-18/h1-12,14-15,20H,13H2. The Morgan fingerprint density at radius 1 is 0.750 bits per heavy atom. The van der Waals surface area contributed by atoms with Crippen LogP contribution in [0.2, 0.25) is 0 Å². The molecule has 3 aromatic rings. The first-order valence-electron chi connectivity index (χ1n) is 6.87. The lowest BCUT2D eigenvalue weighted by Crippen LogP contribution is -1.90. The van der Waals surface area contributed by atoms with Crippen LogP contribution in [0.4, 0.5) is 0 Å². The highest BCUT2D eigenvalue weighted by Gasteiger charge is 2.04. The fraction of sp³-hybridized carbons (Fsp3) is 0.0526. The summed E-state index contributed by atoms with van der Waals surface area (Å²) in [6, 6.07) is 25.2. The maximum absolute atomic E-state index is 3.25. The predicted octanol–water partition coefficient (Wildman–Crippen LogP) is 4.69. The molecule has 1 heteroatoms. The first-order valence-corrected chi connectivity index (χ1v) is 6.87. The summed E-state index contributed by atoms with van der Waals surface area (Å²) in [4.78, 5) is 3.25. The highest BCUT2D eigenvalue weighted by atomic mass is 14.7. The van der Waals surface area contributed by atoms with Gasteiger partial charge >= 0.3 is 0 Å². The van der Waals surface area contributed by atoms with Gasteiger partial charge in [-0.05, 0) is 28.8 Å². The molecule has 0 fully saturated rings. The summed E-state index contributed by atoms with van der Waals surface area (Å²) in [5.41, 5.74) is 5.02. The van der Waals surface area contributed by atoms with E-state index in [0.29, 0.717) is 0 Å². The molecule has 0 unspecified atom stereocenters. The van der Waals surface area contributed by atoms with Crippen molar-refractivity contribution in [3.8, 4) is 0 Å². The lowest BCUT2D eigenvalue weighted by molar-refractivity contribution is 1.15. The van der Waals surface area contributed by atoms with Crippen LogP contribution in [0.15, 0.2) is 85.1 Å². The lowest BCUT2D eigenvalue weighted by Gasteiger charge is -2.08. The van der Waals surface area contributed by atoms with Crippen molar-refractivity contribution in [3.05, 3.63) is 102 Å². The second-order valence-electron chi connectivity index (χ2n) is 4.75. The molecule has 2 aromatic carbocycles. The SMILES string of the molecule is C(Cc1ccc[nH]1)=C(c1ccccc1)c1ccccc1. The molecular formula is C19H17N. The molecular weight excluding hydrogens is 242 g/mol. The smallest absolute Gasteiger partial charge is 0.0185 e. The van der Waals surface area contributed by atoms with Crippen LogP contribution in [0, 0.1) is 0 Å². The van der Waals surface area contributed by atoms with Gasteiger partial charge in [0.15, 0.2) is 0 Å². The Hall–Kier alpha value is -2.54. The molecule has 20 heavy (non-hydrogen) atoms. The highest BCUT2D eigenvalue weighted by Crippen LogP contribution is 2.23. The van der Waals surface area contributed by atoms with Gasteiger partial charge in [-0.1, -0.05) is 66.7 Å². The Bertz CT molecular complexity index is 623. The quantitative estimate of drug-likeness (QED) is 0.699. The number of hydrogen-bond acceptors (Lipinski definition) is 0. The van der Waals surface area contributed by atoms with Gasteiger partial charge in [0.25, 0.3) is 0 Å². The highest BCUT2D eigenvalue weighted by molar-refractivity contribution is 5.79. The Labute approximate surface area is 119 Å². The van der Waals surface area contributed by atoms with Crippen molar-refractivity contribution in [2.24, 2.45) is 0 Å². The van der Waals surface area contributed by atoms with Crippen LogP contribution in [0.3, 0.4) is 0 Å². The van der Waals surface area contributed by atoms with Gasteiger partial charge in [0.1, 0.15) is 0 Å². The molecule has 0 bridgehead atoms. The van der Waals surface area contributed by atoms with Gasteiger partial charge in [0, 0.05) is 18.3 Å². The number of nitrogens with one attached hydrogen (secondary N) is 1. The van der Waals surface area contributed by atoms with Crippen molar-refractivity contribution in [2.45, 2.75) is 6.42 Å². The van der Waals surface area contributed by atoms with E-state index in [2.05, 4.69) is 77.8 Å². The number of aromatic nitrogens is 1. The Kier molecular flexibility index (Phi) is 3.79. The van der Waals surface area contributed by atoms with E-state index in [4.69, 9.17) is 0 Å². The third-order valence-electron chi connectivity index (χ3n) is 3.36. The first kappa shape index (κ1) is 12.5. The fourth-order valence-electron chi connectivity index (χ4n) is 2.34. The summed E-state index contributed by atoms with van der Waals surface area (Å²) in [7, 11) is 0. The van der Waals surface area contributed by atoms with E-state index in [-0.39, 0.29) is 0 Å². The van der Waals surface area contributed by atoms with E-state index in [1.165, 1.54) is 22.4 Å². The van der Waals surface area contributed by atoms with Gasteiger partial charge in [0.2, 0.25) is 0 Å². The van der Waals surface area contributed by atoms with Crippen molar-refractivity contribution in [1.82, 2.24) is 4.98 Å². The average molecular weight is 259 g/mol. The van der Waals surface area contributed by atoms with Crippen LogP contribution in [0.25, 0.3) is 5.57 Å². The maximum Gasteiger partial charge on any atom is 0.0185 e. The summed E-state index contributed by atoms with van der Waals surface area (Å²) in [6.45, 7) is 0. The Morgan fingerprint density at radius 2 is 1.35 bits per heavy atom. The van der Waals surface area contributed by atoms with Crippen molar-refractivity contribution < 1.29 is 0 Å². The van der Waals surface area contributed by atoms with Crippen molar-refractivity contribution in [2.75, 3.05) is 0 Å². The molecule has 1 heterocycles. The van der Waals surface area contributed by atoms with Gasteiger partial charge in [-0.15, -0.1) is 0 Å². The van der Waals surface area contributed by atoms with Crippen molar-refractivity contribution in [3.63, 3.8) is 0 Å². The molecule has 3 rings (SSSR count). The third-order valence-corrected chi connectivity index (χ3v) is 3.36. The molecule has 0 amide bonds. The van der Waals surface area contributed by atoms with Crippen molar-refractivity contribution >= 4 is 5.57 Å². The monoisotopic (exact) mass is 259 g/mol. The second kappa shape index (κ2) is 6.07. The molecule has 1 N–H and O–H groups in total. The summed E-state index contributed by atoms with van der Waals surface area (Å²) < 4.78 is 0. The number of rotatable bonds is 4. The number of allylic oxidation sites excluding steroid dienone is 1. The minimum Gasteiger partial charge on any atom is -0.365 e. The summed E-state index contributed by atoms with van der Waals surface area (Å²) in [5, 5.41) is 0. The van der Waals surface area contributed by atoms with Gasteiger partial charge in [-0.3, -0.25) is 0 Å². The predicted molar refractivity (Wildman–Crippen MR) is 84.5 cm³/mol. The van der Waals surface area contributed by atoms with E-state index >= 15 is 0 Å². The first-order chi connectivity index (χ1) is 9.93.